The molecule has 118 valence electrons. The molecular formula is C19H30O2. The van der Waals surface area contributed by atoms with E-state index in [1.54, 1.807) is 7.11 Å². The van der Waals surface area contributed by atoms with E-state index in [-0.39, 0.29) is 0 Å². The zero-order valence-corrected chi connectivity index (χ0v) is 14.2. The van der Waals surface area contributed by atoms with E-state index in [4.69, 9.17) is 9.47 Å². The summed E-state index contributed by atoms with van der Waals surface area (Å²) >= 11 is 0. The molecule has 0 aliphatic heterocycles. The van der Waals surface area contributed by atoms with Gasteiger partial charge in [-0.2, -0.15) is 0 Å². The maximum atomic E-state index is 6.08. The number of unbranched alkanes of at least 4 members (excludes halogenated alkanes) is 3. The molecule has 0 fully saturated rings. The molecule has 0 N–H and O–H groups in total. The van der Waals surface area contributed by atoms with Crippen LogP contribution in [0, 0.1) is 0 Å². The lowest BCUT2D eigenvalue weighted by molar-refractivity contribution is -0.119. The highest BCUT2D eigenvalue weighted by molar-refractivity contribution is 5.28. The number of methoxy groups -OCH3 is 1. The van der Waals surface area contributed by atoms with Crippen molar-refractivity contribution in [1.82, 2.24) is 0 Å². The quantitative estimate of drug-likeness (QED) is 0.339. The lowest BCUT2D eigenvalue weighted by Crippen LogP contribution is -2.36. The summed E-state index contributed by atoms with van der Waals surface area (Å²) in [6.45, 7) is 8.43. The number of aryl methyl sites for hydroxylation is 1. The Morgan fingerprint density at radius 3 is 2.33 bits per heavy atom. The molecule has 1 unspecified atom stereocenters. The first-order valence-electron chi connectivity index (χ1n) is 8.06. The molecule has 0 aliphatic carbocycles. The second-order valence-electron chi connectivity index (χ2n) is 5.63. The molecular weight excluding hydrogens is 260 g/mol. The van der Waals surface area contributed by atoms with Crippen LogP contribution in [0.5, 0.6) is 5.75 Å². The molecule has 1 atom stereocenters. The second-order valence-corrected chi connectivity index (χ2v) is 5.63. The summed E-state index contributed by atoms with van der Waals surface area (Å²) < 4.78 is 11.7. The maximum Gasteiger partial charge on any atom is 0.229 e. The molecule has 2 heteroatoms. The Kier molecular flexibility index (Phi) is 7.52. The summed E-state index contributed by atoms with van der Waals surface area (Å²) in [5.74, 6) is 0.151. The minimum atomic E-state index is -0.694. The highest BCUT2D eigenvalue weighted by Gasteiger charge is 2.28. The number of rotatable bonds is 9. The van der Waals surface area contributed by atoms with E-state index in [0.717, 1.165) is 24.2 Å². The summed E-state index contributed by atoms with van der Waals surface area (Å²) in [5, 5.41) is 0. The Balaban J connectivity index is 2.73. The summed E-state index contributed by atoms with van der Waals surface area (Å²) in [6.07, 6.45) is 8.09. The molecule has 1 aromatic rings. The first-order chi connectivity index (χ1) is 10.1. The molecule has 0 aromatic heterocycles. The minimum Gasteiger partial charge on any atom is -0.459 e. The van der Waals surface area contributed by atoms with Crippen molar-refractivity contribution in [3.05, 3.63) is 41.5 Å². The zero-order chi connectivity index (χ0) is 15.7. The van der Waals surface area contributed by atoms with Crippen molar-refractivity contribution in [2.45, 2.75) is 65.6 Å². The third-order valence-corrected chi connectivity index (χ3v) is 4.01. The van der Waals surface area contributed by atoms with Crippen LogP contribution < -0.4 is 4.74 Å². The van der Waals surface area contributed by atoms with E-state index < -0.39 is 5.79 Å². The predicted molar refractivity (Wildman–Crippen MR) is 89.8 cm³/mol. The fourth-order valence-electron chi connectivity index (χ4n) is 2.20. The third-order valence-electron chi connectivity index (χ3n) is 4.01. The molecule has 1 rings (SSSR count). The van der Waals surface area contributed by atoms with Gasteiger partial charge in [0.2, 0.25) is 5.79 Å². The predicted octanol–water partition coefficient (Wildman–Crippen LogP) is 5.52. The molecule has 0 radical (unpaired) electrons. The average molecular weight is 290 g/mol. The van der Waals surface area contributed by atoms with Gasteiger partial charge >= 0.3 is 0 Å². The van der Waals surface area contributed by atoms with Crippen LogP contribution >= 0.6 is 0 Å². The fraction of sp³-hybridized carbons (Fsp3) is 0.579. The first-order valence-corrected chi connectivity index (χ1v) is 8.06. The van der Waals surface area contributed by atoms with Gasteiger partial charge in [0.15, 0.2) is 0 Å². The van der Waals surface area contributed by atoms with Crippen molar-refractivity contribution in [2.24, 2.45) is 0 Å². The molecule has 0 amide bonds. The van der Waals surface area contributed by atoms with Crippen molar-refractivity contribution in [2.75, 3.05) is 7.11 Å². The van der Waals surface area contributed by atoms with Crippen molar-refractivity contribution >= 4 is 0 Å². The number of hydrogen-bond donors (Lipinski definition) is 0. The van der Waals surface area contributed by atoms with Gasteiger partial charge in [0, 0.05) is 14.0 Å². The molecule has 21 heavy (non-hydrogen) atoms. The SMILES string of the molecule is CCCCC/C=C(\C)C(C)(OC)Oc1ccc(CC)cc1. The van der Waals surface area contributed by atoms with Crippen LogP contribution in [0.4, 0.5) is 0 Å². The van der Waals surface area contributed by atoms with Crippen LogP contribution in [0.1, 0.15) is 58.9 Å². The summed E-state index contributed by atoms with van der Waals surface area (Å²) in [6, 6.07) is 8.23. The standard InChI is InChI=1S/C19H30O2/c1-6-8-9-10-11-16(3)19(4,20-5)21-18-14-12-17(7-2)13-15-18/h11-15H,6-10H2,1-5H3/b16-11+. The largest absolute Gasteiger partial charge is 0.459 e. The molecule has 1 aromatic carbocycles. The van der Waals surface area contributed by atoms with E-state index in [1.807, 2.05) is 19.1 Å². The van der Waals surface area contributed by atoms with Crippen LogP contribution in [-0.2, 0) is 11.2 Å². The smallest absolute Gasteiger partial charge is 0.229 e. The van der Waals surface area contributed by atoms with Gasteiger partial charge in [-0.05, 0) is 49.5 Å². The van der Waals surface area contributed by atoms with Crippen molar-refractivity contribution in [3.63, 3.8) is 0 Å². The zero-order valence-electron chi connectivity index (χ0n) is 14.2. The van der Waals surface area contributed by atoms with E-state index in [9.17, 15) is 0 Å². The Morgan fingerprint density at radius 1 is 1.14 bits per heavy atom. The Morgan fingerprint density at radius 2 is 1.81 bits per heavy atom. The summed E-state index contributed by atoms with van der Waals surface area (Å²) in [7, 11) is 1.70. The van der Waals surface area contributed by atoms with Crippen LogP contribution in [0.2, 0.25) is 0 Å². The third kappa shape index (κ3) is 5.55. The lowest BCUT2D eigenvalue weighted by atomic mass is 10.1. The number of allylic oxidation sites excluding steroid dienone is 1. The fourth-order valence-corrected chi connectivity index (χ4v) is 2.20. The molecule has 0 spiro atoms. The molecule has 0 aliphatic rings. The second kappa shape index (κ2) is 8.89. The van der Waals surface area contributed by atoms with Crippen LogP contribution in [-0.4, -0.2) is 12.9 Å². The number of ether oxygens (including phenoxy) is 2. The molecule has 0 bridgehead atoms. The molecule has 0 heterocycles. The lowest BCUT2D eigenvalue weighted by Gasteiger charge is -2.30. The van der Waals surface area contributed by atoms with Crippen molar-refractivity contribution in [1.29, 1.82) is 0 Å². The van der Waals surface area contributed by atoms with E-state index in [0.29, 0.717) is 0 Å². The van der Waals surface area contributed by atoms with Gasteiger partial charge in [-0.25, -0.2) is 0 Å². The average Bonchev–Trinajstić information content (AvgIpc) is 2.52. The minimum absolute atomic E-state index is 0.694. The Hall–Kier alpha value is -1.28. The Bertz CT molecular complexity index is 433. The van der Waals surface area contributed by atoms with Gasteiger partial charge in [0.05, 0.1) is 0 Å². The molecule has 2 nitrogen and oxygen atoms in total. The van der Waals surface area contributed by atoms with Gasteiger partial charge in [-0.1, -0.05) is 44.9 Å². The van der Waals surface area contributed by atoms with Gasteiger partial charge in [-0.3, -0.25) is 0 Å². The Labute approximate surface area is 130 Å². The monoisotopic (exact) mass is 290 g/mol. The highest BCUT2D eigenvalue weighted by atomic mass is 16.7. The van der Waals surface area contributed by atoms with Crippen LogP contribution in [0.3, 0.4) is 0 Å². The topological polar surface area (TPSA) is 18.5 Å². The number of hydrogen-bond acceptors (Lipinski definition) is 2. The van der Waals surface area contributed by atoms with Crippen molar-refractivity contribution < 1.29 is 9.47 Å². The van der Waals surface area contributed by atoms with Gasteiger partial charge in [-0.15, -0.1) is 0 Å². The van der Waals surface area contributed by atoms with E-state index in [2.05, 4.69) is 39.0 Å². The van der Waals surface area contributed by atoms with Gasteiger partial charge < -0.3 is 9.47 Å². The highest BCUT2D eigenvalue weighted by Crippen LogP contribution is 2.26. The maximum absolute atomic E-state index is 6.08. The van der Waals surface area contributed by atoms with E-state index >= 15 is 0 Å². The molecule has 0 saturated carbocycles. The van der Waals surface area contributed by atoms with E-state index in [1.165, 1.54) is 24.8 Å². The molecule has 0 saturated heterocycles. The van der Waals surface area contributed by atoms with Crippen molar-refractivity contribution in [3.8, 4) is 5.75 Å². The van der Waals surface area contributed by atoms with Crippen LogP contribution in [0.15, 0.2) is 35.9 Å². The van der Waals surface area contributed by atoms with Crippen LogP contribution in [0.25, 0.3) is 0 Å². The van der Waals surface area contributed by atoms with Gasteiger partial charge in [0.1, 0.15) is 5.75 Å². The van der Waals surface area contributed by atoms with Gasteiger partial charge in [0.25, 0.3) is 0 Å². The normalized spacial score (nSPS) is 14.8. The summed E-state index contributed by atoms with van der Waals surface area (Å²) in [5.41, 5.74) is 2.44. The first kappa shape index (κ1) is 17.8. The number of benzene rings is 1. The summed E-state index contributed by atoms with van der Waals surface area (Å²) in [4.78, 5) is 0.